The molecule has 1 amide bonds. The van der Waals surface area contributed by atoms with Gasteiger partial charge in [0, 0.05) is 0 Å². The van der Waals surface area contributed by atoms with Crippen LogP contribution in [-0.4, -0.2) is 17.0 Å². The second-order valence-electron chi connectivity index (χ2n) is 1.44. The minimum absolute atomic E-state index is 0.688. The SMILES string of the molecule is NNC(=O)CP(=O)(O)OS. The van der Waals surface area contributed by atoms with Crippen LogP contribution in [0.5, 0.6) is 0 Å². The summed E-state index contributed by atoms with van der Waals surface area (Å²) in [6.45, 7) is 0. The average Bonchev–Trinajstić information content (AvgIpc) is 1.87. The molecule has 0 aromatic heterocycles. The average molecular weight is 186 g/mol. The summed E-state index contributed by atoms with van der Waals surface area (Å²) in [7, 11) is -3.87. The molecule has 6 nitrogen and oxygen atoms in total. The fraction of sp³-hybridized carbons (Fsp3) is 0.500. The summed E-state index contributed by atoms with van der Waals surface area (Å²) in [5.41, 5.74) is 1.67. The Bertz CT molecular complexity index is 173. The van der Waals surface area contributed by atoms with Crippen LogP contribution in [0.4, 0.5) is 0 Å². The summed E-state index contributed by atoms with van der Waals surface area (Å²) in [5, 5.41) is 0. The first-order chi connectivity index (χ1) is 4.52. The van der Waals surface area contributed by atoms with Crippen LogP contribution in [0.2, 0.25) is 0 Å². The van der Waals surface area contributed by atoms with Gasteiger partial charge >= 0.3 is 7.60 Å². The Balaban J connectivity index is 3.89. The van der Waals surface area contributed by atoms with Crippen molar-refractivity contribution < 1.29 is 18.2 Å². The molecule has 0 aromatic carbocycles. The number of carbonyl (C=O) groups excluding carboxylic acids is 1. The number of amides is 1. The highest BCUT2D eigenvalue weighted by Gasteiger charge is 2.22. The molecule has 60 valence electrons. The van der Waals surface area contributed by atoms with Crippen LogP contribution in [0.3, 0.4) is 0 Å². The molecule has 0 heterocycles. The summed E-state index contributed by atoms with van der Waals surface area (Å²) in [6, 6.07) is 0. The molecule has 0 fully saturated rings. The van der Waals surface area contributed by atoms with Gasteiger partial charge in [0.15, 0.2) is 0 Å². The first-order valence-electron chi connectivity index (χ1n) is 2.16. The lowest BCUT2D eigenvalue weighted by Gasteiger charge is -2.04. The summed E-state index contributed by atoms with van der Waals surface area (Å²) in [5.74, 6) is 3.84. The minimum atomic E-state index is -3.87. The molecule has 0 aliphatic carbocycles. The normalized spacial score (nSPS) is 15.9. The van der Waals surface area contributed by atoms with Gasteiger partial charge in [0.05, 0.1) is 0 Å². The lowest BCUT2D eigenvalue weighted by atomic mass is 10.8. The molecular weight excluding hydrogens is 179 g/mol. The third kappa shape index (κ3) is 3.86. The van der Waals surface area contributed by atoms with E-state index in [0.29, 0.717) is 0 Å². The number of carbonyl (C=O) groups is 1. The van der Waals surface area contributed by atoms with Crippen LogP contribution < -0.4 is 11.3 Å². The molecule has 1 atom stereocenters. The number of thiol groups is 1. The van der Waals surface area contributed by atoms with Crippen molar-refractivity contribution in [1.82, 2.24) is 5.43 Å². The van der Waals surface area contributed by atoms with Crippen LogP contribution in [0.15, 0.2) is 0 Å². The quantitative estimate of drug-likeness (QED) is 0.113. The van der Waals surface area contributed by atoms with Crippen molar-refractivity contribution in [2.45, 2.75) is 0 Å². The van der Waals surface area contributed by atoms with Crippen LogP contribution >= 0.6 is 20.5 Å². The zero-order chi connectivity index (χ0) is 8.20. The molecule has 0 radical (unpaired) electrons. The number of nitrogens with two attached hydrogens (primary N) is 1. The van der Waals surface area contributed by atoms with E-state index in [1.807, 2.05) is 0 Å². The summed E-state index contributed by atoms with van der Waals surface area (Å²) < 4.78 is 14.3. The Hall–Kier alpha value is -0.0700. The number of hydrogen-bond acceptors (Lipinski definition) is 5. The first kappa shape index (κ1) is 9.93. The van der Waals surface area contributed by atoms with Crippen LogP contribution in [0.1, 0.15) is 0 Å². The van der Waals surface area contributed by atoms with E-state index in [4.69, 9.17) is 4.89 Å². The molecule has 0 rings (SSSR count). The van der Waals surface area contributed by atoms with E-state index in [1.165, 1.54) is 0 Å². The molecule has 1 unspecified atom stereocenters. The number of hydrazine groups is 1. The second kappa shape index (κ2) is 3.95. The largest absolute Gasteiger partial charge is 0.348 e. The van der Waals surface area contributed by atoms with Gasteiger partial charge in [-0.25, -0.2) is 9.81 Å². The van der Waals surface area contributed by atoms with Crippen molar-refractivity contribution in [2.24, 2.45) is 5.84 Å². The topological polar surface area (TPSA) is 102 Å². The van der Waals surface area contributed by atoms with E-state index in [1.54, 1.807) is 5.43 Å². The van der Waals surface area contributed by atoms with Crippen LogP contribution in [-0.2, 0) is 13.3 Å². The fourth-order valence-corrected chi connectivity index (χ4v) is 0.941. The summed E-state index contributed by atoms with van der Waals surface area (Å²) >= 11 is 3.08. The van der Waals surface area contributed by atoms with Crippen molar-refractivity contribution in [3.8, 4) is 0 Å². The van der Waals surface area contributed by atoms with Crippen molar-refractivity contribution in [3.63, 3.8) is 0 Å². The van der Waals surface area contributed by atoms with Gasteiger partial charge in [-0.1, -0.05) is 0 Å². The van der Waals surface area contributed by atoms with Gasteiger partial charge in [0.1, 0.15) is 6.16 Å². The van der Waals surface area contributed by atoms with Crippen molar-refractivity contribution in [2.75, 3.05) is 6.16 Å². The molecule has 0 spiro atoms. The van der Waals surface area contributed by atoms with Crippen molar-refractivity contribution >= 4 is 26.4 Å². The minimum Gasteiger partial charge on any atom is -0.323 e. The predicted molar refractivity (Wildman–Crippen MR) is 37.1 cm³/mol. The van der Waals surface area contributed by atoms with Gasteiger partial charge in [-0.3, -0.25) is 14.8 Å². The van der Waals surface area contributed by atoms with Gasteiger partial charge in [-0.15, -0.1) is 0 Å². The highest BCUT2D eigenvalue weighted by Crippen LogP contribution is 2.42. The van der Waals surface area contributed by atoms with Crippen molar-refractivity contribution in [3.05, 3.63) is 0 Å². The van der Waals surface area contributed by atoms with E-state index < -0.39 is 19.7 Å². The fourth-order valence-electron chi connectivity index (χ4n) is 0.256. The summed E-state index contributed by atoms with van der Waals surface area (Å²) in [4.78, 5) is 18.9. The predicted octanol–water partition coefficient (Wildman–Crippen LogP) is -0.977. The molecule has 0 aromatic rings. The number of hydrogen-bond donors (Lipinski definition) is 4. The smallest absolute Gasteiger partial charge is 0.323 e. The van der Waals surface area contributed by atoms with Gasteiger partial charge in [0.2, 0.25) is 5.91 Å². The molecule has 0 saturated carbocycles. The third-order valence-electron chi connectivity index (χ3n) is 0.632. The van der Waals surface area contributed by atoms with Gasteiger partial charge in [-0.05, 0) is 12.9 Å². The molecule has 0 bridgehead atoms. The molecule has 4 N–H and O–H groups in total. The zero-order valence-electron chi connectivity index (χ0n) is 4.85. The highest BCUT2D eigenvalue weighted by molar-refractivity contribution is 7.81. The maximum absolute atomic E-state index is 10.5. The Morgan fingerprint density at radius 1 is 1.90 bits per heavy atom. The van der Waals surface area contributed by atoms with E-state index in [2.05, 4.69) is 22.7 Å². The molecule has 8 heteroatoms. The third-order valence-corrected chi connectivity index (χ3v) is 2.34. The standard InChI is InChI=1S/C2H7N2O4PS/c3-4-2(5)1-9(6,7)8-10/h10H,1,3H2,(H,4,5)(H,6,7). The van der Waals surface area contributed by atoms with E-state index >= 15 is 0 Å². The first-order valence-corrected chi connectivity index (χ1v) is 4.29. The van der Waals surface area contributed by atoms with Crippen LogP contribution in [0, 0.1) is 0 Å². The summed E-state index contributed by atoms with van der Waals surface area (Å²) in [6.07, 6.45) is -0.688. The monoisotopic (exact) mass is 186 g/mol. The van der Waals surface area contributed by atoms with E-state index in [0.717, 1.165) is 0 Å². The lowest BCUT2D eigenvalue weighted by Crippen LogP contribution is -2.32. The Morgan fingerprint density at radius 2 is 2.40 bits per heavy atom. The highest BCUT2D eigenvalue weighted by atomic mass is 32.1. The maximum Gasteiger partial charge on any atom is 0.348 e. The Morgan fingerprint density at radius 3 is 2.70 bits per heavy atom. The zero-order valence-corrected chi connectivity index (χ0v) is 6.64. The number of rotatable bonds is 3. The Labute approximate surface area is 62.9 Å². The molecular formula is C2H7N2O4PS. The maximum atomic E-state index is 10.5. The second-order valence-corrected chi connectivity index (χ2v) is 3.69. The lowest BCUT2D eigenvalue weighted by molar-refractivity contribution is -0.118. The molecule has 10 heavy (non-hydrogen) atoms. The van der Waals surface area contributed by atoms with Gasteiger partial charge in [0.25, 0.3) is 0 Å². The van der Waals surface area contributed by atoms with Crippen LogP contribution in [0.25, 0.3) is 0 Å². The molecule has 0 saturated heterocycles. The van der Waals surface area contributed by atoms with E-state index in [-0.39, 0.29) is 0 Å². The van der Waals surface area contributed by atoms with Crippen molar-refractivity contribution in [1.29, 1.82) is 0 Å². The van der Waals surface area contributed by atoms with E-state index in [9.17, 15) is 9.36 Å². The molecule has 0 aliphatic heterocycles. The Kier molecular flexibility index (Phi) is 3.92. The van der Waals surface area contributed by atoms with Gasteiger partial charge < -0.3 is 4.89 Å². The number of nitrogens with one attached hydrogen (secondary N) is 1. The molecule has 0 aliphatic rings. The van der Waals surface area contributed by atoms with Gasteiger partial charge in [-0.2, -0.15) is 0 Å².